The number of aryl methyl sites for hydroxylation is 2. The van der Waals surface area contributed by atoms with Crippen LogP contribution in [-0.2, 0) is 17.6 Å². The molecule has 0 saturated carbocycles. The van der Waals surface area contributed by atoms with E-state index >= 15 is 0 Å². The second kappa shape index (κ2) is 5.85. The van der Waals surface area contributed by atoms with E-state index in [2.05, 4.69) is 21.7 Å². The van der Waals surface area contributed by atoms with Crippen LogP contribution in [0.3, 0.4) is 0 Å². The Morgan fingerprint density at radius 2 is 2.28 bits per heavy atom. The molecular weight excluding hydrogens is 226 g/mol. The van der Waals surface area contributed by atoms with Crippen molar-refractivity contribution in [3.05, 3.63) is 23.4 Å². The molecule has 2 rings (SSSR count). The van der Waals surface area contributed by atoms with Crippen LogP contribution in [0.25, 0.3) is 0 Å². The van der Waals surface area contributed by atoms with Crippen molar-refractivity contribution in [3.63, 3.8) is 0 Å². The van der Waals surface area contributed by atoms with Gasteiger partial charge in [0, 0.05) is 12.2 Å². The second-order valence-electron chi connectivity index (χ2n) is 4.81. The highest BCUT2D eigenvalue weighted by molar-refractivity contribution is 5.83. The maximum Gasteiger partial charge on any atom is 0.242 e. The zero-order valence-corrected chi connectivity index (χ0v) is 11.1. The van der Waals surface area contributed by atoms with Gasteiger partial charge in [-0.2, -0.15) is 0 Å². The van der Waals surface area contributed by atoms with Crippen LogP contribution in [0.4, 0.5) is 5.82 Å². The fourth-order valence-electron chi connectivity index (χ4n) is 2.19. The Morgan fingerprint density at radius 1 is 1.44 bits per heavy atom. The molecule has 18 heavy (non-hydrogen) atoms. The van der Waals surface area contributed by atoms with Gasteiger partial charge in [-0.3, -0.25) is 4.79 Å². The molecule has 4 heteroatoms. The third-order valence-corrected chi connectivity index (χ3v) is 3.24. The zero-order valence-electron chi connectivity index (χ0n) is 11.1. The summed E-state index contributed by atoms with van der Waals surface area (Å²) in [6, 6.07) is 3.84. The minimum Gasteiger partial charge on any atom is -0.359 e. The van der Waals surface area contributed by atoms with Crippen LogP contribution in [0.2, 0.25) is 0 Å². The largest absolute Gasteiger partial charge is 0.359 e. The molecule has 0 saturated heterocycles. The van der Waals surface area contributed by atoms with E-state index < -0.39 is 0 Å². The van der Waals surface area contributed by atoms with Gasteiger partial charge in [0.1, 0.15) is 11.9 Å². The van der Waals surface area contributed by atoms with Crippen LogP contribution >= 0.6 is 0 Å². The maximum atomic E-state index is 11.7. The van der Waals surface area contributed by atoms with Gasteiger partial charge in [-0.05, 0) is 44.2 Å². The van der Waals surface area contributed by atoms with Crippen LogP contribution in [0.5, 0.6) is 0 Å². The number of nitrogens with one attached hydrogen (secondary N) is 2. The van der Waals surface area contributed by atoms with Crippen molar-refractivity contribution < 1.29 is 4.79 Å². The molecule has 1 aliphatic rings. The lowest BCUT2D eigenvalue weighted by Crippen LogP contribution is -2.38. The van der Waals surface area contributed by atoms with Crippen LogP contribution in [0.15, 0.2) is 12.1 Å². The predicted octanol–water partition coefficient (Wildman–Crippen LogP) is 1.90. The van der Waals surface area contributed by atoms with E-state index in [-0.39, 0.29) is 11.9 Å². The van der Waals surface area contributed by atoms with Crippen LogP contribution in [-0.4, -0.2) is 23.5 Å². The van der Waals surface area contributed by atoms with Crippen molar-refractivity contribution in [2.45, 2.75) is 45.6 Å². The summed E-state index contributed by atoms with van der Waals surface area (Å²) in [5.41, 5.74) is 2.53. The molecule has 1 aromatic rings. The first kappa shape index (κ1) is 12.9. The van der Waals surface area contributed by atoms with Crippen LogP contribution in [0.1, 0.15) is 37.9 Å². The summed E-state index contributed by atoms with van der Waals surface area (Å²) in [6.07, 6.45) is 4.34. The van der Waals surface area contributed by atoms with Crippen molar-refractivity contribution in [2.24, 2.45) is 0 Å². The highest BCUT2D eigenvalue weighted by atomic mass is 16.2. The SMILES string of the molecule is CCCNC(=O)C(C)Nc1ccc2c(n1)CCC2. The van der Waals surface area contributed by atoms with E-state index in [9.17, 15) is 4.79 Å². The Hall–Kier alpha value is -1.58. The molecule has 0 aromatic carbocycles. The minimum absolute atomic E-state index is 0.0270. The summed E-state index contributed by atoms with van der Waals surface area (Å²) in [7, 11) is 0. The van der Waals surface area contributed by atoms with E-state index in [1.54, 1.807) is 0 Å². The van der Waals surface area contributed by atoms with Crippen LogP contribution in [0, 0.1) is 0 Å². The lowest BCUT2D eigenvalue weighted by atomic mass is 10.2. The maximum absolute atomic E-state index is 11.7. The van der Waals surface area contributed by atoms with E-state index in [1.165, 1.54) is 17.7 Å². The Labute approximate surface area is 108 Å². The molecule has 1 heterocycles. The smallest absolute Gasteiger partial charge is 0.242 e. The molecule has 1 atom stereocenters. The van der Waals surface area contributed by atoms with E-state index in [0.29, 0.717) is 0 Å². The number of rotatable bonds is 5. The van der Waals surface area contributed by atoms with E-state index in [4.69, 9.17) is 0 Å². The molecule has 0 aliphatic heterocycles. The van der Waals surface area contributed by atoms with Gasteiger partial charge in [0.2, 0.25) is 5.91 Å². The molecule has 4 nitrogen and oxygen atoms in total. The molecule has 0 fully saturated rings. The Balaban J connectivity index is 1.94. The molecule has 98 valence electrons. The van der Waals surface area contributed by atoms with Gasteiger partial charge >= 0.3 is 0 Å². The quantitative estimate of drug-likeness (QED) is 0.835. The standard InChI is InChI=1S/C14H21N3O/c1-3-9-15-14(18)10(2)16-13-8-7-11-5-4-6-12(11)17-13/h7-8,10H,3-6,9H2,1-2H3,(H,15,18)(H,16,17). The lowest BCUT2D eigenvalue weighted by Gasteiger charge is -2.15. The molecule has 2 N–H and O–H groups in total. The summed E-state index contributed by atoms with van der Waals surface area (Å²) in [4.78, 5) is 16.3. The van der Waals surface area contributed by atoms with E-state index in [0.717, 1.165) is 31.6 Å². The molecule has 1 aliphatic carbocycles. The zero-order chi connectivity index (χ0) is 13.0. The third kappa shape index (κ3) is 3.00. The fourth-order valence-corrected chi connectivity index (χ4v) is 2.19. The molecule has 1 amide bonds. The predicted molar refractivity (Wildman–Crippen MR) is 72.6 cm³/mol. The van der Waals surface area contributed by atoms with Crippen molar-refractivity contribution in [2.75, 3.05) is 11.9 Å². The number of carbonyl (C=O) groups is 1. The number of hydrogen-bond donors (Lipinski definition) is 2. The highest BCUT2D eigenvalue weighted by Gasteiger charge is 2.15. The number of amides is 1. The van der Waals surface area contributed by atoms with Crippen molar-refractivity contribution in [1.29, 1.82) is 0 Å². The summed E-state index contributed by atoms with van der Waals surface area (Å²) in [5.74, 6) is 0.828. The Morgan fingerprint density at radius 3 is 3.06 bits per heavy atom. The molecule has 0 spiro atoms. The molecule has 0 radical (unpaired) electrons. The Bertz CT molecular complexity index is 431. The topological polar surface area (TPSA) is 54.0 Å². The normalized spacial score (nSPS) is 15.0. The number of pyridine rings is 1. The van der Waals surface area contributed by atoms with Crippen molar-refractivity contribution in [3.8, 4) is 0 Å². The van der Waals surface area contributed by atoms with Crippen LogP contribution < -0.4 is 10.6 Å². The van der Waals surface area contributed by atoms with Gasteiger partial charge in [0.05, 0.1) is 0 Å². The average Bonchev–Trinajstić information content (AvgIpc) is 2.83. The highest BCUT2D eigenvalue weighted by Crippen LogP contribution is 2.21. The number of aromatic nitrogens is 1. The van der Waals surface area contributed by atoms with Gasteiger partial charge in [-0.1, -0.05) is 13.0 Å². The first-order valence-corrected chi connectivity index (χ1v) is 6.73. The molecule has 0 bridgehead atoms. The van der Waals surface area contributed by atoms with Gasteiger partial charge in [-0.15, -0.1) is 0 Å². The van der Waals surface area contributed by atoms with Crippen molar-refractivity contribution in [1.82, 2.24) is 10.3 Å². The number of carbonyl (C=O) groups excluding carboxylic acids is 1. The monoisotopic (exact) mass is 247 g/mol. The number of nitrogens with zero attached hydrogens (tertiary/aromatic N) is 1. The number of fused-ring (bicyclic) bond motifs is 1. The van der Waals surface area contributed by atoms with E-state index in [1.807, 2.05) is 19.9 Å². The van der Waals surface area contributed by atoms with Gasteiger partial charge in [0.15, 0.2) is 0 Å². The summed E-state index contributed by atoms with van der Waals surface area (Å²) < 4.78 is 0. The average molecular weight is 247 g/mol. The first-order chi connectivity index (χ1) is 8.70. The van der Waals surface area contributed by atoms with Gasteiger partial charge in [-0.25, -0.2) is 4.98 Å². The molecule has 1 aromatic heterocycles. The molecular formula is C14H21N3O. The third-order valence-electron chi connectivity index (χ3n) is 3.24. The summed E-state index contributed by atoms with van der Waals surface area (Å²) in [5, 5.41) is 6.03. The second-order valence-corrected chi connectivity index (χ2v) is 4.81. The Kier molecular flexibility index (Phi) is 4.18. The van der Waals surface area contributed by atoms with Crippen molar-refractivity contribution >= 4 is 11.7 Å². The summed E-state index contributed by atoms with van der Waals surface area (Å²) in [6.45, 7) is 4.63. The number of anilines is 1. The first-order valence-electron chi connectivity index (χ1n) is 6.73. The van der Waals surface area contributed by atoms with Gasteiger partial charge < -0.3 is 10.6 Å². The van der Waals surface area contributed by atoms with Gasteiger partial charge in [0.25, 0.3) is 0 Å². The minimum atomic E-state index is -0.247. The lowest BCUT2D eigenvalue weighted by molar-refractivity contribution is -0.121. The fraction of sp³-hybridized carbons (Fsp3) is 0.571. The molecule has 1 unspecified atom stereocenters. The number of hydrogen-bond acceptors (Lipinski definition) is 3. The summed E-state index contributed by atoms with van der Waals surface area (Å²) >= 11 is 0.